The fraction of sp³-hybridized carbons (Fsp3) is 0.565. The molecular weight excluding hydrogens is 753 g/mol. The second-order valence-corrected chi connectivity index (χ2v) is 17.9. The number of nitrogens with one attached hydrogen (secondary N) is 1. The van der Waals surface area contributed by atoms with E-state index in [4.69, 9.17) is 18.9 Å². The summed E-state index contributed by atoms with van der Waals surface area (Å²) in [5, 5.41) is 14.3. The molecule has 5 aliphatic heterocycles. The van der Waals surface area contributed by atoms with Gasteiger partial charge >= 0.3 is 17.9 Å². The van der Waals surface area contributed by atoms with Crippen molar-refractivity contribution in [1.82, 2.24) is 14.8 Å². The highest BCUT2D eigenvalue weighted by atomic mass is 16.6. The van der Waals surface area contributed by atoms with Gasteiger partial charge < -0.3 is 38.8 Å². The lowest BCUT2D eigenvalue weighted by Gasteiger charge is -2.63. The van der Waals surface area contributed by atoms with E-state index in [1.165, 1.54) is 26.0 Å². The first-order valence-corrected chi connectivity index (χ1v) is 21.2. The molecule has 6 heterocycles. The average Bonchev–Trinajstić information content (AvgIpc) is 3.92. The number of piperidine rings is 1. The number of hydrogen-bond acceptors (Lipinski definition) is 11. The van der Waals surface area contributed by atoms with Gasteiger partial charge in [-0.25, -0.2) is 4.79 Å². The third-order valence-electron chi connectivity index (χ3n) is 15.4. The lowest BCUT2D eigenvalue weighted by atomic mass is 9.47. The molecule has 2 N–H and O–H groups in total. The molecule has 1 aliphatic carbocycles. The first-order valence-electron chi connectivity index (χ1n) is 21.2. The van der Waals surface area contributed by atoms with Crippen LogP contribution in [0.2, 0.25) is 0 Å². The van der Waals surface area contributed by atoms with E-state index in [1.54, 1.807) is 13.2 Å². The van der Waals surface area contributed by atoms with Gasteiger partial charge in [-0.15, -0.1) is 0 Å². The van der Waals surface area contributed by atoms with Crippen LogP contribution in [-0.4, -0.2) is 122 Å². The maximum Gasteiger partial charge on any atom is 0.344 e. The molecule has 3 fully saturated rings. The molecule has 0 radical (unpaired) electrons. The number of esters is 3. The zero-order valence-electron chi connectivity index (χ0n) is 34.9. The number of anilines is 1. The normalized spacial score (nSPS) is 35.6. The number of ether oxygens (including phenoxy) is 4. The highest BCUT2D eigenvalue weighted by Crippen LogP contribution is 2.68. The molecule has 6 aliphatic rings. The molecule has 13 nitrogen and oxygen atoms in total. The van der Waals surface area contributed by atoms with Crippen LogP contribution >= 0.6 is 0 Å². The number of para-hydroxylation sites is 1. The molecular formula is C46H56N4O9. The number of aromatic nitrogens is 1. The number of methoxy groups -OCH3 is 3. The SMILES string of the molecule is CC[C@H]1C[C@@H]2CN(CCc3c([nH]c4ccccc34)[C@@](C(=O)OC)(c3cc4c(cc3OC)N(C=O)[C@H]3[C@@](O)(C(=O)OC)[C@H](OC(C)=O)[C@]5(CC)C=CCN6CC[C@]43[C@@H]65)C2)C1. The molecule has 1 amide bonds. The molecule has 10 atom stereocenters. The minimum Gasteiger partial charge on any atom is -0.496 e. The molecule has 2 aromatic carbocycles. The van der Waals surface area contributed by atoms with Gasteiger partial charge in [-0.05, 0) is 73.7 Å². The summed E-state index contributed by atoms with van der Waals surface area (Å²) in [6.45, 7) is 9.32. The van der Waals surface area contributed by atoms with Crippen LogP contribution in [0.1, 0.15) is 75.3 Å². The van der Waals surface area contributed by atoms with E-state index in [2.05, 4.69) is 27.8 Å². The average molecular weight is 809 g/mol. The lowest BCUT2D eigenvalue weighted by Crippen LogP contribution is -2.81. The number of nitrogens with zero attached hydrogens (tertiary/aromatic N) is 3. The fourth-order valence-electron chi connectivity index (χ4n) is 13.3. The van der Waals surface area contributed by atoms with Crippen molar-refractivity contribution in [3.8, 4) is 5.75 Å². The number of amides is 1. The molecule has 314 valence electrons. The van der Waals surface area contributed by atoms with Gasteiger partial charge in [-0.2, -0.15) is 0 Å². The fourth-order valence-corrected chi connectivity index (χ4v) is 13.3. The zero-order chi connectivity index (χ0) is 41.6. The molecule has 1 spiro atoms. The maximum absolute atomic E-state index is 15.3. The second-order valence-electron chi connectivity index (χ2n) is 17.9. The number of carbonyl (C=O) groups is 4. The smallest absolute Gasteiger partial charge is 0.344 e. The molecule has 1 saturated carbocycles. The summed E-state index contributed by atoms with van der Waals surface area (Å²) >= 11 is 0. The highest BCUT2D eigenvalue weighted by molar-refractivity contribution is 5.96. The molecule has 2 bridgehead atoms. The number of carbonyl (C=O) groups excluding carboxylic acids is 4. The molecule has 1 aromatic heterocycles. The van der Waals surface area contributed by atoms with Crippen molar-refractivity contribution < 1.29 is 43.2 Å². The minimum absolute atomic E-state index is 0.127. The van der Waals surface area contributed by atoms with Crippen molar-refractivity contribution in [3.63, 3.8) is 0 Å². The van der Waals surface area contributed by atoms with Crippen molar-refractivity contribution in [2.24, 2.45) is 17.3 Å². The van der Waals surface area contributed by atoms with Gasteiger partial charge in [0, 0.05) is 78.2 Å². The highest BCUT2D eigenvalue weighted by Gasteiger charge is 2.81. The molecule has 59 heavy (non-hydrogen) atoms. The van der Waals surface area contributed by atoms with E-state index in [1.807, 2.05) is 43.3 Å². The minimum atomic E-state index is -2.50. The van der Waals surface area contributed by atoms with Gasteiger partial charge in [0.1, 0.15) is 11.2 Å². The second kappa shape index (κ2) is 14.2. The summed E-state index contributed by atoms with van der Waals surface area (Å²) in [5.74, 6) is -1.12. The summed E-state index contributed by atoms with van der Waals surface area (Å²) in [5.41, 5.74) is -1.54. The number of rotatable bonds is 8. The van der Waals surface area contributed by atoms with Crippen LogP contribution < -0.4 is 9.64 Å². The quantitative estimate of drug-likeness (QED) is 0.144. The van der Waals surface area contributed by atoms with E-state index in [-0.39, 0.29) is 5.92 Å². The van der Waals surface area contributed by atoms with Crippen molar-refractivity contribution in [1.29, 1.82) is 0 Å². The Morgan fingerprint density at radius 3 is 2.47 bits per heavy atom. The monoisotopic (exact) mass is 808 g/mol. The Balaban J connectivity index is 1.38. The largest absolute Gasteiger partial charge is 0.496 e. The van der Waals surface area contributed by atoms with Crippen molar-refractivity contribution in [3.05, 3.63) is 70.9 Å². The number of aromatic amines is 1. The third-order valence-corrected chi connectivity index (χ3v) is 15.4. The summed E-state index contributed by atoms with van der Waals surface area (Å²) in [6, 6.07) is 10.3. The maximum atomic E-state index is 15.3. The van der Waals surface area contributed by atoms with Crippen molar-refractivity contribution in [2.45, 2.75) is 93.9 Å². The first kappa shape index (κ1) is 39.7. The Hall–Kier alpha value is -4.72. The van der Waals surface area contributed by atoms with E-state index in [9.17, 15) is 19.5 Å². The molecule has 13 heteroatoms. The Bertz CT molecular complexity index is 2260. The summed E-state index contributed by atoms with van der Waals surface area (Å²) in [4.78, 5) is 66.5. The van der Waals surface area contributed by atoms with E-state index >= 15 is 4.79 Å². The summed E-state index contributed by atoms with van der Waals surface area (Å²) in [6.07, 6.45) is 7.25. The van der Waals surface area contributed by atoms with Crippen LogP contribution in [0.4, 0.5) is 5.69 Å². The predicted molar refractivity (Wildman–Crippen MR) is 219 cm³/mol. The van der Waals surface area contributed by atoms with Gasteiger partial charge in [-0.3, -0.25) is 19.3 Å². The van der Waals surface area contributed by atoms with Gasteiger partial charge in [0.05, 0.1) is 33.1 Å². The van der Waals surface area contributed by atoms with Crippen LogP contribution in [0.15, 0.2) is 48.6 Å². The van der Waals surface area contributed by atoms with E-state index in [0.29, 0.717) is 73.7 Å². The van der Waals surface area contributed by atoms with Gasteiger partial charge in [-0.1, -0.05) is 50.6 Å². The standard InChI is InChI=1S/C46H56N4O9/c1-7-28-20-29-23-45(41(53)57-5,37-31(14-18-48(24-28)25-29)30-12-9-10-13-34(30)47-37)33-21-32-35(22-36(33)56-4)50(26-51)39-44(32)16-19-49-17-11-15-43(8-2,38(44)49)40(59-27(3)52)46(39,55)42(54)58-6/h9-13,15,21-22,26,28-29,38-40,47,55H,7-8,14,16-20,23-25H2,1-6H3/t28-,29-,38-,39+,40+,43+,44+,45-,46-/m0/s1. The molecule has 2 saturated heterocycles. The summed E-state index contributed by atoms with van der Waals surface area (Å²) < 4.78 is 23.8. The van der Waals surface area contributed by atoms with Crippen molar-refractivity contribution >= 4 is 40.9 Å². The van der Waals surface area contributed by atoms with Gasteiger partial charge in [0.25, 0.3) is 0 Å². The van der Waals surface area contributed by atoms with Crippen LogP contribution in [-0.2, 0) is 50.6 Å². The van der Waals surface area contributed by atoms with Crippen molar-refractivity contribution in [2.75, 3.05) is 59.0 Å². The Labute approximate surface area is 345 Å². The Kier molecular flexibility index (Phi) is 9.56. The molecule has 1 unspecified atom stereocenters. The van der Waals surface area contributed by atoms with Crippen LogP contribution in [0, 0.1) is 17.3 Å². The van der Waals surface area contributed by atoms with E-state index < -0.39 is 57.9 Å². The van der Waals surface area contributed by atoms with Gasteiger partial charge in [0.15, 0.2) is 6.10 Å². The summed E-state index contributed by atoms with van der Waals surface area (Å²) in [7, 11) is 4.19. The van der Waals surface area contributed by atoms with Crippen LogP contribution in [0.25, 0.3) is 10.9 Å². The Morgan fingerprint density at radius 2 is 1.78 bits per heavy atom. The first-order chi connectivity index (χ1) is 28.4. The lowest BCUT2D eigenvalue weighted by molar-refractivity contribution is -0.228. The number of fused-ring (bicyclic) bond motifs is 6. The number of aliphatic hydroxyl groups is 1. The molecule has 3 aromatic rings. The Morgan fingerprint density at radius 1 is 1.00 bits per heavy atom. The van der Waals surface area contributed by atoms with E-state index in [0.717, 1.165) is 54.6 Å². The number of H-pyrrole nitrogens is 1. The predicted octanol–water partition coefficient (Wildman–Crippen LogP) is 4.40. The number of hydrogen-bond donors (Lipinski definition) is 2. The van der Waals surface area contributed by atoms with Crippen LogP contribution in [0.3, 0.4) is 0 Å². The third kappa shape index (κ3) is 5.19. The topological polar surface area (TPSA) is 151 Å². The van der Waals surface area contributed by atoms with Crippen LogP contribution in [0.5, 0.6) is 5.75 Å². The zero-order valence-corrected chi connectivity index (χ0v) is 34.9. The van der Waals surface area contributed by atoms with Gasteiger partial charge in [0.2, 0.25) is 12.0 Å². The molecule has 9 rings (SSSR count). The number of benzene rings is 2.